The van der Waals surface area contributed by atoms with E-state index in [0.29, 0.717) is 13.0 Å². The molecule has 0 radical (unpaired) electrons. The number of carbonyl (C=O) groups is 1. The average Bonchev–Trinajstić information content (AvgIpc) is 3.57. The highest BCUT2D eigenvalue weighted by Crippen LogP contribution is 2.33. The first-order valence-corrected chi connectivity index (χ1v) is 11.4. The number of hydrogen-bond acceptors (Lipinski definition) is 5. The number of pyridine rings is 1. The van der Waals surface area contributed by atoms with Crippen LogP contribution >= 0.6 is 0 Å². The third-order valence-corrected chi connectivity index (χ3v) is 6.50. The molecule has 2 aromatic heterocycles. The van der Waals surface area contributed by atoms with Gasteiger partial charge in [-0.2, -0.15) is 5.10 Å². The molecule has 7 nitrogen and oxygen atoms in total. The Bertz CT molecular complexity index is 1030. The summed E-state index contributed by atoms with van der Waals surface area (Å²) in [5, 5.41) is 11.9. The highest BCUT2D eigenvalue weighted by molar-refractivity contribution is 5.87. The molecule has 0 unspecified atom stereocenters. The van der Waals surface area contributed by atoms with Crippen LogP contribution < -0.4 is 5.32 Å². The van der Waals surface area contributed by atoms with Gasteiger partial charge in [-0.05, 0) is 56.5 Å². The molecule has 3 aromatic rings. The number of nitrogens with zero attached hydrogens (tertiary/aromatic N) is 4. The van der Waals surface area contributed by atoms with E-state index in [1.165, 1.54) is 18.4 Å². The Morgan fingerprint density at radius 3 is 2.74 bits per heavy atom. The van der Waals surface area contributed by atoms with E-state index < -0.39 is 0 Å². The molecule has 4 heterocycles. The standard InChI is InChI=1S/C24H30N6O/c31-22(12-16-29-13-4-5-14-29)30-15-6-9-21(30)20-11-10-19-23(27-28-24(19)26-20)25-17-18-7-2-1-3-8-18/h1-3,7-8,10-11,21H,4-6,9,12-17H2,(H2,25,26,27,28)/t21-/m1/s1. The number of carbonyl (C=O) groups excluding carboxylic acids is 1. The zero-order chi connectivity index (χ0) is 21.0. The van der Waals surface area contributed by atoms with Crippen LogP contribution in [0.3, 0.4) is 0 Å². The van der Waals surface area contributed by atoms with Gasteiger partial charge in [0.25, 0.3) is 0 Å². The van der Waals surface area contributed by atoms with Gasteiger partial charge in [0, 0.05) is 26.1 Å². The molecule has 0 saturated carbocycles. The number of nitrogens with one attached hydrogen (secondary N) is 2. The van der Waals surface area contributed by atoms with E-state index >= 15 is 0 Å². The molecule has 2 N–H and O–H groups in total. The lowest BCUT2D eigenvalue weighted by atomic mass is 10.1. The third kappa shape index (κ3) is 4.42. The first kappa shape index (κ1) is 20.0. The molecule has 5 rings (SSSR count). The fraction of sp³-hybridized carbons (Fsp3) is 0.458. The summed E-state index contributed by atoms with van der Waals surface area (Å²) in [5.74, 6) is 1.06. The zero-order valence-electron chi connectivity index (χ0n) is 17.9. The number of aromatic amines is 1. The first-order chi connectivity index (χ1) is 15.3. The first-order valence-electron chi connectivity index (χ1n) is 11.4. The molecule has 7 heteroatoms. The molecular weight excluding hydrogens is 388 g/mol. The van der Waals surface area contributed by atoms with Gasteiger partial charge in [-0.15, -0.1) is 0 Å². The van der Waals surface area contributed by atoms with Crippen LogP contribution in [0.15, 0.2) is 42.5 Å². The summed E-state index contributed by atoms with van der Waals surface area (Å²) in [7, 11) is 0. The van der Waals surface area contributed by atoms with Gasteiger partial charge in [-0.3, -0.25) is 9.89 Å². The number of H-pyrrole nitrogens is 1. The summed E-state index contributed by atoms with van der Waals surface area (Å²) in [6, 6.07) is 14.5. The van der Waals surface area contributed by atoms with E-state index in [0.717, 1.165) is 61.6 Å². The highest BCUT2D eigenvalue weighted by atomic mass is 16.2. The molecule has 2 aliphatic rings. The Labute approximate surface area is 182 Å². The van der Waals surface area contributed by atoms with Crippen LogP contribution in [0, 0.1) is 0 Å². The zero-order valence-corrected chi connectivity index (χ0v) is 17.9. The molecular formula is C24H30N6O. The van der Waals surface area contributed by atoms with Crippen molar-refractivity contribution in [2.75, 3.05) is 31.5 Å². The number of rotatable bonds is 7. The maximum atomic E-state index is 12.9. The van der Waals surface area contributed by atoms with Crippen LogP contribution in [0.1, 0.15) is 49.4 Å². The normalized spacial score (nSPS) is 19.4. The van der Waals surface area contributed by atoms with Crippen molar-refractivity contribution in [2.45, 2.75) is 44.7 Å². The highest BCUT2D eigenvalue weighted by Gasteiger charge is 2.31. The van der Waals surface area contributed by atoms with Crippen LogP contribution in [0.5, 0.6) is 0 Å². The molecule has 2 aliphatic heterocycles. The maximum Gasteiger partial charge on any atom is 0.224 e. The quantitative estimate of drug-likeness (QED) is 0.612. The smallest absolute Gasteiger partial charge is 0.224 e. The Balaban J connectivity index is 1.26. The van der Waals surface area contributed by atoms with Crippen molar-refractivity contribution in [2.24, 2.45) is 0 Å². The summed E-state index contributed by atoms with van der Waals surface area (Å²) in [6.45, 7) is 4.69. The van der Waals surface area contributed by atoms with Crippen LogP contribution in [0.4, 0.5) is 5.82 Å². The summed E-state index contributed by atoms with van der Waals surface area (Å²) >= 11 is 0. The minimum atomic E-state index is 0.0690. The maximum absolute atomic E-state index is 12.9. The topological polar surface area (TPSA) is 77.2 Å². The second-order valence-electron chi connectivity index (χ2n) is 8.59. The second kappa shape index (κ2) is 9.06. The van der Waals surface area contributed by atoms with Crippen LogP contribution in [-0.4, -0.2) is 57.1 Å². The summed E-state index contributed by atoms with van der Waals surface area (Å²) in [5.41, 5.74) is 2.93. The fourth-order valence-electron chi connectivity index (χ4n) is 4.80. The number of fused-ring (bicyclic) bond motifs is 1. The van der Waals surface area contributed by atoms with Gasteiger partial charge < -0.3 is 15.1 Å². The van der Waals surface area contributed by atoms with E-state index in [1.54, 1.807) is 0 Å². The monoisotopic (exact) mass is 418 g/mol. The van der Waals surface area contributed by atoms with Gasteiger partial charge in [0.2, 0.25) is 5.91 Å². The number of hydrogen-bond donors (Lipinski definition) is 2. The lowest BCUT2D eigenvalue weighted by Crippen LogP contribution is -2.34. The minimum Gasteiger partial charge on any atom is -0.364 e. The van der Waals surface area contributed by atoms with E-state index in [2.05, 4.69) is 44.7 Å². The van der Waals surface area contributed by atoms with E-state index in [9.17, 15) is 4.79 Å². The molecule has 0 spiro atoms. The van der Waals surface area contributed by atoms with Crippen molar-refractivity contribution in [1.82, 2.24) is 25.0 Å². The van der Waals surface area contributed by atoms with E-state index in [4.69, 9.17) is 4.98 Å². The van der Waals surface area contributed by atoms with Crippen molar-refractivity contribution in [3.63, 3.8) is 0 Å². The summed E-state index contributed by atoms with van der Waals surface area (Å²) in [6.07, 6.45) is 5.14. The van der Waals surface area contributed by atoms with Crippen LogP contribution in [0.25, 0.3) is 11.0 Å². The Hall–Kier alpha value is -2.93. The lowest BCUT2D eigenvalue weighted by Gasteiger charge is -2.25. The Morgan fingerprint density at radius 2 is 1.90 bits per heavy atom. The van der Waals surface area contributed by atoms with Crippen molar-refractivity contribution in [3.8, 4) is 0 Å². The predicted molar refractivity (Wildman–Crippen MR) is 122 cm³/mol. The number of likely N-dealkylation sites (tertiary alicyclic amines) is 2. The Morgan fingerprint density at radius 1 is 1.06 bits per heavy atom. The number of aromatic nitrogens is 3. The van der Waals surface area contributed by atoms with Gasteiger partial charge in [0.15, 0.2) is 11.5 Å². The lowest BCUT2D eigenvalue weighted by molar-refractivity contribution is -0.132. The number of anilines is 1. The van der Waals surface area contributed by atoms with Gasteiger partial charge in [0.05, 0.1) is 17.1 Å². The molecule has 162 valence electrons. The van der Waals surface area contributed by atoms with Gasteiger partial charge in [0.1, 0.15) is 0 Å². The van der Waals surface area contributed by atoms with Crippen molar-refractivity contribution in [3.05, 3.63) is 53.7 Å². The molecule has 31 heavy (non-hydrogen) atoms. The summed E-state index contributed by atoms with van der Waals surface area (Å²) < 4.78 is 0. The second-order valence-corrected chi connectivity index (χ2v) is 8.59. The average molecular weight is 419 g/mol. The molecule has 2 fully saturated rings. The summed E-state index contributed by atoms with van der Waals surface area (Å²) in [4.78, 5) is 22.2. The number of amides is 1. The van der Waals surface area contributed by atoms with Crippen molar-refractivity contribution >= 4 is 22.8 Å². The van der Waals surface area contributed by atoms with E-state index in [1.807, 2.05) is 23.1 Å². The van der Waals surface area contributed by atoms with Crippen molar-refractivity contribution < 1.29 is 4.79 Å². The van der Waals surface area contributed by atoms with E-state index in [-0.39, 0.29) is 11.9 Å². The molecule has 1 atom stereocenters. The molecule has 1 aromatic carbocycles. The minimum absolute atomic E-state index is 0.0690. The molecule has 0 aliphatic carbocycles. The molecule has 0 bridgehead atoms. The largest absolute Gasteiger partial charge is 0.364 e. The predicted octanol–water partition coefficient (Wildman–Crippen LogP) is 3.72. The van der Waals surface area contributed by atoms with Crippen LogP contribution in [-0.2, 0) is 11.3 Å². The number of benzene rings is 1. The third-order valence-electron chi connectivity index (χ3n) is 6.50. The Kier molecular flexibility index (Phi) is 5.84. The van der Waals surface area contributed by atoms with Gasteiger partial charge in [-0.1, -0.05) is 30.3 Å². The molecule has 2 saturated heterocycles. The van der Waals surface area contributed by atoms with Crippen molar-refractivity contribution in [1.29, 1.82) is 0 Å². The SMILES string of the molecule is O=C(CCN1CCCC1)N1CCC[C@@H]1c1ccc2c(NCc3ccccc3)n[nH]c2n1. The van der Waals surface area contributed by atoms with Crippen LogP contribution in [0.2, 0.25) is 0 Å². The van der Waals surface area contributed by atoms with Gasteiger partial charge >= 0.3 is 0 Å². The molecule has 1 amide bonds. The fourth-order valence-corrected chi connectivity index (χ4v) is 4.80. The van der Waals surface area contributed by atoms with Gasteiger partial charge in [-0.25, -0.2) is 4.98 Å².